The molecule has 1 fully saturated rings. The number of hydrogen-bond donors (Lipinski definition) is 0. The number of nitro groups is 1. The van der Waals surface area contributed by atoms with Crippen molar-refractivity contribution in [1.82, 2.24) is 0 Å². The third kappa shape index (κ3) is 5.50. The fourth-order valence-electron chi connectivity index (χ4n) is 4.46. The number of non-ortho nitro benzene ring substituents is 1. The van der Waals surface area contributed by atoms with Gasteiger partial charge >= 0.3 is 5.97 Å². The van der Waals surface area contributed by atoms with Crippen LogP contribution in [0.3, 0.4) is 0 Å². The number of ether oxygens (including phenoxy) is 1. The summed E-state index contributed by atoms with van der Waals surface area (Å²) in [5, 5.41) is 12.3. The molecule has 0 amide bonds. The molecule has 3 atom stereocenters. The van der Waals surface area contributed by atoms with Crippen LogP contribution in [0.4, 0.5) is 5.69 Å². The standard InChI is InChI=1S/C25H31NO4Si/c1-18(31(2,3)4)22-12-8-9-13-23(22)24(19-10-6-5-7-11-19)30-25(27)20-14-16-21(17-15-20)26(28)29/h5-7,10-11,14-17,22-24H,1,8-9,12-13H2,2-4H3/t22-,23+,24+/m1/s1. The Morgan fingerprint density at radius 1 is 1.06 bits per heavy atom. The molecule has 0 heterocycles. The van der Waals surface area contributed by atoms with Gasteiger partial charge in [-0.3, -0.25) is 10.1 Å². The molecule has 1 aliphatic carbocycles. The van der Waals surface area contributed by atoms with Gasteiger partial charge in [-0.2, -0.15) is 0 Å². The maximum Gasteiger partial charge on any atom is 0.338 e. The first kappa shape index (κ1) is 22.9. The summed E-state index contributed by atoms with van der Waals surface area (Å²) < 4.78 is 6.12. The Kier molecular flexibility index (Phi) is 7.10. The Bertz CT molecular complexity index is 934. The molecule has 0 radical (unpaired) electrons. The number of nitrogens with zero attached hydrogens (tertiary/aromatic N) is 1. The highest BCUT2D eigenvalue weighted by molar-refractivity contribution is 6.83. The number of allylic oxidation sites excluding steroid dienone is 1. The quantitative estimate of drug-likeness (QED) is 0.208. The van der Waals surface area contributed by atoms with Gasteiger partial charge in [0.15, 0.2) is 0 Å². The molecule has 0 aromatic heterocycles. The lowest BCUT2D eigenvalue weighted by molar-refractivity contribution is -0.384. The van der Waals surface area contributed by atoms with Crippen molar-refractivity contribution in [2.45, 2.75) is 51.4 Å². The van der Waals surface area contributed by atoms with E-state index in [1.54, 1.807) is 0 Å². The second-order valence-electron chi connectivity index (χ2n) is 9.37. The number of rotatable bonds is 7. The summed E-state index contributed by atoms with van der Waals surface area (Å²) in [6, 6.07) is 15.5. The second-order valence-corrected chi connectivity index (χ2v) is 14.5. The molecule has 0 N–H and O–H groups in total. The molecule has 2 aromatic rings. The Hall–Kier alpha value is -2.73. The van der Waals surface area contributed by atoms with Gasteiger partial charge in [-0.05, 0) is 36.5 Å². The van der Waals surface area contributed by atoms with Crippen molar-refractivity contribution >= 4 is 19.7 Å². The molecule has 5 nitrogen and oxygen atoms in total. The lowest BCUT2D eigenvalue weighted by Gasteiger charge is -2.41. The van der Waals surface area contributed by atoms with E-state index in [9.17, 15) is 14.9 Å². The first-order valence-corrected chi connectivity index (χ1v) is 14.4. The van der Waals surface area contributed by atoms with Crippen LogP contribution in [-0.4, -0.2) is 19.0 Å². The summed E-state index contributed by atoms with van der Waals surface area (Å²) in [5.41, 5.74) is 1.26. The summed E-state index contributed by atoms with van der Waals surface area (Å²) in [5.74, 6) is 0.0550. The zero-order chi connectivity index (χ0) is 22.6. The number of esters is 1. The van der Waals surface area contributed by atoms with Crippen LogP contribution in [0.15, 0.2) is 66.4 Å². The third-order valence-corrected chi connectivity index (χ3v) is 8.59. The predicted molar refractivity (Wildman–Crippen MR) is 126 cm³/mol. The summed E-state index contributed by atoms with van der Waals surface area (Å²) in [6.45, 7) is 11.5. The number of benzene rings is 2. The van der Waals surface area contributed by atoms with E-state index in [1.807, 2.05) is 30.3 Å². The Labute approximate surface area is 185 Å². The van der Waals surface area contributed by atoms with Gasteiger partial charge in [-0.1, -0.05) is 68.0 Å². The molecule has 0 spiro atoms. The minimum Gasteiger partial charge on any atom is -0.454 e. The first-order valence-electron chi connectivity index (χ1n) is 10.9. The third-order valence-electron chi connectivity index (χ3n) is 6.30. The highest BCUT2D eigenvalue weighted by atomic mass is 28.3. The van der Waals surface area contributed by atoms with Crippen LogP contribution >= 0.6 is 0 Å². The summed E-state index contributed by atoms with van der Waals surface area (Å²) >= 11 is 0. The van der Waals surface area contributed by atoms with E-state index < -0.39 is 19.0 Å². The highest BCUT2D eigenvalue weighted by Crippen LogP contribution is 2.45. The molecule has 3 rings (SSSR count). The van der Waals surface area contributed by atoms with E-state index in [0.717, 1.165) is 24.8 Å². The van der Waals surface area contributed by atoms with Gasteiger partial charge in [0, 0.05) is 18.1 Å². The van der Waals surface area contributed by atoms with Gasteiger partial charge in [0.2, 0.25) is 0 Å². The fraction of sp³-hybridized carbons (Fsp3) is 0.400. The van der Waals surface area contributed by atoms with Crippen LogP contribution in [0.1, 0.15) is 47.7 Å². The summed E-state index contributed by atoms with van der Waals surface area (Å²) in [7, 11) is -1.56. The van der Waals surface area contributed by atoms with Crippen LogP contribution in [0.25, 0.3) is 0 Å². The molecule has 2 aromatic carbocycles. The van der Waals surface area contributed by atoms with Crippen molar-refractivity contribution < 1.29 is 14.5 Å². The molecule has 0 aliphatic heterocycles. The molecular formula is C25H31NO4Si. The van der Waals surface area contributed by atoms with Crippen LogP contribution in [0.2, 0.25) is 19.6 Å². The largest absolute Gasteiger partial charge is 0.454 e. The molecular weight excluding hydrogens is 406 g/mol. The maximum absolute atomic E-state index is 13.0. The van der Waals surface area contributed by atoms with Crippen LogP contribution < -0.4 is 0 Å². The lowest BCUT2D eigenvalue weighted by atomic mass is 9.74. The molecule has 6 heteroatoms. The van der Waals surface area contributed by atoms with Crippen molar-refractivity contribution in [3.05, 3.63) is 87.6 Å². The van der Waals surface area contributed by atoms with Crippen molar-refractivity contribution in [1.29, 1.82) is 0 Å². The van der Waals surface area contributed by atoms with Crippen molar-refractivity contribution in [3.63, 3.8) is 0 Å². The van der Waals surface area contributed by atoms with E-state index in [4.69, 9.17) is 4.74 Å². The van der Waals surface area contributed by atoms with Crippen molar-refractivity contribution in [3.8, 4) is 0 Å². The first-order chi connectivity index (χ1) is 14.7. The van der Waals surface area contributed by atoms with Gasteiger partial charge in [0.05, 0.1) is 18.6 Å². The van der Waals surface area contributed by atoms with Gasteiger partial charge in [-0.25, -0.2) is 4.79 Å². The number of carbonyl (C=O) groups excluding carboxylic acids is 1. The molecule has 1 saturated carbocycles. The average Bonchev–Trinajstić information content (AvgIpc) is 2.77. The van der Waals surface area contributed by atoms with E-state index >= 15 is 0 Å². The Morgan fingerprint density at radius 2 is 1.68 bits per heavy atom. The Balaban J connectivity index is 1.92. The number of hydrogen-bond acceptors (Lipinski definition) is 4. The fourth-order valence-corrected chi connectivity index (χ4v) is 5.93. The molecule has 0 saturated heterocycles. The minimum absolute atomic E-state index is 0.0464. The average molecular weight is 438 g/mol. The summed E-state index contributed by atoms with van der Waals surface area (Å²) in [4.78, 5) is 23.5. The summed E-state index contributed by atoms with van der Waals surface area (Å²) in [6.07, 6.45) is 3.97. The molecule has 31 heavy (non-hydrogen) atoms. The van der Waals surface area contributed by atoms with E-state index in [1.165, 1.54) is 35.9 Å². The molecule has 0 unspecified atom stereocenters. The lowest BCUT2D eigenvalue weighted by Crippen LogP contribution is -2.37. The Morgan fingerprint density at radius 3 is 2.26 bits per heavy atom. The van der Waals surface area contributed by atoms with E-state index in [-0.39, 0.29) is 17.7 Å². The normalized spacial score (nSPS) is 20.0. The van der Waals surface area contributed by atoms with Crippen LogP contribution in [0.5, 0.6) is 0 Å². The second kappa shape index (κ2) is 9.60. The van der Waals surface area contributed by atoms with Crippen molar-refractivity contribution in [2.75, 3.05) is 0 Å². The zero-order valence-electron chi connectivity index (χ0n) is 18.5. The number of nitro benzene ring substituents is 1. The molecule has 1 aliphatic rings. The van der Waals surface area contributed by atoms with Gasteiger partial charge < -0.3 is 4.74 Å². The predicted octanol–water partition coefficient (Wildman–Crippen LogP) is 6.73. The van der Waals surface area contributed by atoms with Crippen LogP contribution in [0, 0.1) is 22.0 Å². The maximum atomic E-state index is 13.0. The van der Waals surface area contributed by atoms with Crippen molar-refractivity contribution in [2.24, 2.45) is 11.8 Å². The van der Waals surface area contributed by atoms with Gasteiger partial charge in [-0.15, -0.1) is 6.58 Å². The smallest absolute Gasteiger partial charge is 0.338 e. The van der Waals surface area contributed by atoms with Gasteiger partial charge in [0.25, 0.3) is 5.69 Å². The van der Waals surface area contributed by atoms with Gasteiger partial charge in [0.1, 0.15) is 6.10 Å². The molecule has 164 valence electrons. The van der Waals surface area contributed by atoms with E-state index in [2.05, 4.69) is 26.2 Å². The number of carbonyl (C=O) groups is 1. The zero-order valence-corrected chi connectivity index (χ0v) is 19.5. The molecule has 0 bridgehead atoms. The van der Waals surface area contributed by atoms with Crippen LogP contribution in [-0.2, 0) is 4.74 Å². The topological polar surface area (TPSA) is 69.4 Å². The highest BCUT2D eigenvalue weighted by Gasteiger charge is 2.39. The minimum atomic E-state index is -1.56. The van der Waals surface area contributed by atoms with E-state index in [0.29, 0.717) is 11.5 Å². The monoisotopic (exact) mass is 437 g/mol. The SMILES string of the molecule is C=C([C@H]1CCCC[C@@H]1[C@@H](OC(=O)c1ccc([N+](=O)[O-])cc1)c1ccccc1)[Si](C)(C)C.